The van der Waals surface area contributed by atoms with Crippen molar-refractivity contribution >= 4 is 28.8 Å². The summed E-state index contributed by atoms with van der Waals surface area (Å²) in [6.45, 7) is 10.8. The van der Waals surface area contributed by atoms with Gasteiger partial charge in [-0.25, -0.2) is 8.78 Å². The molecule has 24 heavy (non-hydrogen) atoms. The first-order chi connectivity index (χ1) is 11.1. The number of carbonyl (C=O) groups excluding carboxylic acids is 1. The lowest BCUT2D eigenvalue weighted by molar-refractivity contribution is 0.0997. The molecule has 0 bridgehead atoms. The number of nitrogens with zero attached hydrogens (tertiary/aromatic N) is 2. The molecule has 1 aromatic heterocycles. The number of carbonyl (C=O) groups is 1. The highest BCUT2D eigenvalue weighted by Gasteiger charge is 2.22. The average Bonchev–Trinajstić information content (AvgIpc) is 2.78. The largest absolute Gasteiger partial charge is 0.321 e. The van der Waals surface area contributed by atoms with Gasteiger partial charge in [0, 0.05) is 17.1 Å². The molecule has 0 aliphatic carbocycles. The van der Waals surface area contributed by atoms with Crippen LogP contribution in [0.1, 0.15) is 48.6 Å². The molecule has 1 heterocycles. The number of halogens is 3. The number of benzene rings is 1. The van der Waals surface area contributed by atoms with Crippen molar-refractivity contribution < 1.29 is 13.6 Å². The van der Waals surface area contributed by atoms with Crippen LogP contribution in [0, 0.1) is 18.6 Å². The highest BCUT2D eigenvalue weighted by atomic mass is 35.5. The molecule has 0 aliphatic rings. The maximum atomic E-state index is 13.4. The fourth-order valence-corrected chi connectivity index (χ4v) is 3.95. The van der Waals surface area contributed by atoms with E-state index >= 15 is 0 Å². The van der Waals surface area contributed by atoms with Crippen LogP contribution in [0.3, 0.4) is 0 Å². The van der Waals surface area contributed by atoms with E-state index in [9.17, 15) is 13.6 Å². The monoisotopic (exact) mass is 372 g/mol. The standard InChI is InChI=1S/C17H19ClF2N2OS/c1-6-22-9(2)14(17(3,4)5)24-16(22)21-15(23)10-7-12(19)13(20)8-11(10)18/h7-8H,6H2,1-5H3. The minimum atomic E-state index is -1.13. The van der Waals surface area contributed by atoms with Crippen molar-refractivity contribution in [2.24, 2.45) is 4.99 Å². The Morgan fingerprint density at radius 3 is 2.42 bits per heavy atom. The molecule has 1 aromatic carbocycles. The van der Waals surface area contributed by atoms with Gasteiger partial charge in [-0.1, -0.05) is 32.4 Å². The van der Waals surface area contributed by atoms with E-state index in [1.807, 2.05) is 18.4 Å². The van der Waals surface area contributed by atoms with E-state index in [2.05, 4.69) is 25.8 Å². The normalized spacial score (nSPS) is 12.8. The molecule has 0 saturated carbocycles. The third-order valence-corrected chi connectivity index (χ3v) is 5.51. The molecule has 0 aliphatic heterocycles. The molecule has 1 amide bonds. The van der Waals surface area contributed by atoms with Gasteiger partial charge >= 0.3 is 0 Å². The smallest absolute Gasteiger partial charge is 0.281 e. The molecule has 0 saturated heterocycles. The third-order valence-electron chi connectivity index (χ3n) is 3.59. The topological polar surface area (TPSA) is 34.4 Å². The van der Waals surface area contributed by atoms with E-state index in [-0.39, 0.29) is 16.0 Å². The Balaban J connectivity index is 2.60. The van der Waals surface area contributed by atoms with E-state index in [4.69, 9.17) is 11.6 Å². The van der Waals surface area contributed by atoms with Crippen molar-refractivity contribution in [3.63, 3.8) is 0 Å². The summed E-state index contributed by atoms with van der Waals surface area (Å²) in [5.74, 6) is -2.91. The zero-order valence-electron chi connectivity index (χ0n) is 14.2. The maximum absolute atomic E-state index is 13.4. The van der Waals surface area contributed by atoms with Crippen LogP contribution in [0.4, 0.5) is 8.78 Å². The average molecular weight is 373 g/mol. The quantitative estimate of drug-likeness (QED) is 0.694. The van der Waals surface area contributed by atoms with Gasteiger partial charge in [-0.15, -0.1) is 11.3 Å². The van der Waals surface area contributed by atoms with Crippen LogP contribution in [0.2, 0.25) is 5.02 Å². The molecule has 130 valence electrons. The Hall–Kier alpha value is -1.53. The number of hydrogen-bond donors (Lipinski definition) is 0. The van der Waals surface area contributed by atoms with Gasteiger partial charge in [0.15, 0.2) is 16.4 Å². The van der Waals surface area contributed by atoms with Crippen molar-refractivity contribution in [3.8, 4) is 0 Å². The van der Waals surface area contributed by atoms with Crippen molar-refractivity contribution in [1.29, 1.82) is 0 Å². The lowest BCUT2D eigenvalue weighted by Crippen LogP contribution is -2.18. The Morgan fingerprint density at radius 2 is 1.88 bits per heavy atom. The van der Waals surface area contributed by atoms with Crippen LogP contribution in [0.25, 0.3) is 0 Å². The van der Waals surface area contributed by atoms with Gasteiger partial charge in [0.05, 0.1) is 10.6 Å². The minimum absolute atomic E-state index is 0.0812. The summed E-state index contributed by atoms with van der Waals surface area (Å²) in [6.07, 6.45) is 0. The summed E-state index contributed by atoms with van der Waals surface area (Å²) in [4.78, 5) is 18.1. The zero-order chi connectivity index (χ0) is 18.2. The molecule has 7 heteroatoms. The first-order valence-corrected chi connectivity index (χ1v) is 8.70. The summed E-state index contributed by atoms with van der Waals surface area (Å²) in [6, 6.07) is 1.57. The molecule has 0 spiro atoms. The molecule has 0 atom stereocenters. The first-order valence-electron chi connectivity index (χ1n) is 7.50. The SMILES string of the molecule is CCn1c(C)c(C(C)(C)C)sc1=NC(=O)c1cc(F)c(F)cc1Cl. The summed E-state index contributed by atoms with van der Waals surface area (Å²) >= 11 is 7.27. The fourth-order valence-electron chi connectivity index (χ4n) is 2.47. The number of aromatic nitrogens is 1. The van der Waals surface area contributed by atoms with Crippen molar-refractivity contribution in [2.45, 2.75) is 46.6 Å². The molecular weight excluding hydrogens is 354 g/mol. The lowest BCUT2D eigenvalue weighted by atomic mass is 9.93. The van der Waals surface area contributed by atoms with Gasteiger partial charge in [-0.3, -0.25) is 4.79 Å². The van der Waals surface area contributed by atoms with Gasteiger partial charge in [0.25, 0.3) is 5.91 Å². The highest BCUT2D eigenvalue weighted by molar-refractivity contribution is 7.09. The molecule has 0 fully saturated rings. The second-order valence-electron chi connectivity index (χ2n) is 6.46. The summed E-state index contributed by atoms with van der Waals surface area (Å²) < 4.78 is 28.5. The van der Waals surface area contributed by atoms with E-state index in [1.54, 1.807) is 0 Å². The maximum Gasteiger partial charge on any atom is 0.281 e. The number of amides is 1. The first kappa shape index (κ1) is 18.8. The van der Waals surface area contributed by atoms with Crippen LogP contribution in [-0.4, -0.2) is 10.5 Å². The minimum Gasteiger partial charge on any atom is -0.321 e. The van der Waals surface area contributed by atoms with Gasteiger partial charge in [-0.2, -0.15) is 4.99 Å². The predicted octanol–water partition coefficient (Wildman–Crippen LogP) is 4.85. The van der Waals surface area contributed by atoms with E-state index in [0.29, 0.717) is 11.3 Å². The van der Waals surface area contributed by atoms with E-state index < -0.39 is 17.5 Å². The molecule has 2 aromatic rings. The van der Waals surface area contributed by atoms with Gasteiger partial charge in [-0.05, 0) is 31.4 Å². The Bertz CT molecular complexity index is 863. The van der Waals surface area contributed by atoms with E-state index in [0.717, 1.165) is 22.7 Å². The Morgan fingerprint density at radius 1 is 1.29 bits per heavy atom. The summed E-state index contributed by atoms with van der Waals surface area (Å²) in [5, 5.41) is -0.157. The highest BCUT2D eigenvalue weighted by Crippen LogP contribution is 2.28. The van der Waals surface area contributed by atoms with Crippen LogP contribution >= 0.6 is 22.9 Å². The number of hydrogen-bond acceptors (Lipinski definition) is 2. The molecule has 0 unspecified atom stereocenters. The molecule has 0 radical (unpaired) electrons. The molecule has 3 nitrogen and oxygen atoms in total. The Kier molecular flexibility index (Phi) is 5.30. The van der Waals surface area contributed by atoms with Crippen LogP contribution in [0.15, 0.2) is 17.1 Å². The van der Waals surface area contributed by atoms with Crippen LogP contribution < -0.4 is 4.80 Å². The second kappa shape index (κ2) is 6.76. The molecular formula is C17H19ClF2N2OS. The van der Waals surface area contributed by atoms with Crippen molar-refractivity contribution in [1.82, 2.24) is 4.57 Å². The number of rotatable bonds is 2. The van der Waals surface area contributed by atoms with Crippen LogP contribution in [0.5, 0.6) is 0 Å². The molecule has 0 N–H and O–H groups in total. The Labute approximate surface area is 148 Å². The van der Waals surface area contributed by atoms with Crippen LogP contribution in [-0.2, 0) is 12.0 Å². The third kappa shape index (κ3) is 3.59. The van der Waals surface area contributed by atoms with Crippen molar-refractivity contribution in [2.75, 3.05) is 0 Å². The van der Waals surface area contributed by atoms with Gasteiger partial charge in [0.2, 0.25) is 0 Å². The fraction of sp³-hybridized carbons (Fsp3) is 0.412. The van der Waals surface area contributed by atoms with E-state index in [1.165, 1.54) is 11.3 Å². The van der Waals surface area contributed by atoms with Gasteiger partial charge in [0.1, 0.15) is 0 Å². The lowest BCUT2D eigenvalue weighted by Gasteiger charge is -2.17. The summed E-state index contributed by atoms with van der Waals surface area (Å²) in [7, 11) is 0. The van der Waals surface area contributed by atoms with Gasteiger partial charge < -0.3 is 4.57 Å². The second-order valence-corrected chi connectivity index (χ2v) is 7.84. The number of thiazole rings is 1. The zero-order valence-corrected chi connectivity index (χ0v) is 15.8. The molecule has 2 rings (SSSR count). The predicted molar refractivity (Wildman–Crippen MR) is 92.7 cm³/mol. The summed E-state index contributed by atoms with van der Waals surface area (Å²) in [5.41, 5.74) is 0.807. The van der Waals surface area contributed by atoms with Crippen molar-refractivity contribution in [3.05, 3.63) is 49.7 Å².